The Bertz CT molecular complexity index is 862. The van der Waals surface area contributed by atoms with Crippen molar-refractivity contribution in [3.8, 4) is 5.75 Å². The quantitative estimate of drug-likeness (QED) is 0.811. The fourth-order valence-corrected chi connectivity index (χ4v) is 3.37. The Morgan fingerprint density at radius 2 is 1.73 bits per heavy atom. The predicted octanol–water partition coefficient (Wildman–Crippen LogP) is 4.60. The number of anilines is 1. The van der Waals surface area contributed by atoms with E-state index in [9.17, 15) is 9.59 Å². The van der Waals surface area contributed by atoms with Crippen molar-refractivity contribution in [1.82, 2.24) is 0 Å². The van der Waals surface area contributed by atoms with Gasteiger partial charge in [0.05, 0.1) is 12.8 Å². The van der Waals surface area contributed by atoms with E-state index < -0.39 is 0 Å². The van der Waals surface area contributed by atoms with Crippen molar-refractivity contribution in [3.05, 3.63) is 70.9 Å². The molecular formula is C22H23NO3. The van der Waals surface area contributed by atoms with E-state index in [1.54, 1.807) is 36.3 Å². The summed E-state index contributed by atoms with van der Waals surface area (Å²) in [5.41, 5.74) is 4.14. The Labute approximate surface area is 154 Å². The third-order valence-electron chi connectivity index (χ3n) is 4.65. The Kier molecular flexibility index (Phi) is 5.21. The van der Waals surface area contributed by atoms with Crippen LogP contribution < -0.4 is 9.64 Å². The smallest absolute Gasteiger partial charge is 0.262 e. The van der Waals surface area contributed by atoms with Gasteiger partial charge in [0.1, 0.15) is 5.75 Å². The molecule has 4 nitrogen and oxygen atoms in total. The highest BCUT2D eigenvalue weighted by atomic mass is 16.5. The fourth-order valence-electron chi connectivity index (χ4n) is 3.37. The summed E-state index contributed by atoms with van der Waals surface area (Å²) in [5.74, 6) is 0.550. The number of benzene rings is 2. The lowest BCUT2D eigenvalue weighted by Gasteiger charge is -2.30. The first-order valence-electron chi connectivity index (χ1n) is 8.79. The number of carbonyl (C=O) groups is 2. The van der Waals surface area contributed by atoms with Crippen LogP contribution in [0.1, 0.15) is 40.7 Å². The molecule has 0 saturated carbocycles. The number of ether oxygens (including phenoxy) is 1. The van der Waals surface area contributed by atoms with E-state index in [0.717, 1.165) is 28.9 Å². The van der Waals surface area contributed by atoms with Crippen LogP contribution in [-0.2, 0) is 4.79 Å². The van der Waals surface area contributed by atoms with E-state index in [4.69, 9.17) is 4.74 Å². The van der Waals surface area contributed by atoms with Crippen molar-refractivity contribution >= 4 is 17.4 Å². The molecule has 2 aromatic rings. The van der Waals surface area contributed by atoms with Gasteiger partial charge in [-0.15, -0.1) is 0 Å². The zero-order valence-electron chi connectivity index (χ0n) is 15.4. The van der Waals surface area contributed by atoms with Crippen molar-refractivity contribution < 1.29 is 14.3 Å². The van der Waals surface area contributed by atoms with Gasteiger partial charge in [0.25, 0.3) is 5.91 Å². The molecule has 0 unspecified atom stereocenters. The van der Waals surface area contributed by atoms with Crippen molar-refractivity contribution in [2.75, 3.05) is 12.0 Å². The Balaban J connectivity index is 2.14. The van der Waals surface area contributed by atoms with Crippen LogP contribution in [0.4, 0.5) is 5.69 Å². The number of hydrogen-bond donors (Lipinski definition) is 0. The maximum absolute atomic E-state index is 13.4. The van der Waals surface area contributed by atoms with E-state index in [1.807, 2.05) is 38.1 Å². The second-order valence-electron chi connectivity index (χ2n) is 6.57. The third-order valence-corrected chi connectivity index (χ3v) is 4.65. The van der Waals surface area contributed by atoms with Crippen LogP contribution in [0.5, 0.6) is 5.75 Å². The van der Waals surface area contributed by atoms with Gasteiger partial charge < -0.3 is 4.74 Å². The average Bonchev–Trinajstić information content (AvgIpc) is 2.64. The summed E-state index contributed by atoms with van der Waals surface area (Å²) in [6.45, 7) is 3.97. The number of ketones is 1. The number of rotatable bonds is 4. The normalized spacial score (nSPS) is 14.0. The number of allylic oxidation sites excluding steroid dienone is 2. The zero-order valence-corrected chi connectivity index (χ0v) is 15.4. The van der Waals surface area contributed by atoms with Gasteiger partial charge in [0.2, 0.25) is 0 Å². The molecule has 0 N–H and O–H groups in total. The van der Waals surface area contributed by atoms with E-state index in [1.165, 1.54) is 0 Å². The van der Waals surface area contributed by atoms with Crippen LogP contribution in [0, 0.1) is 13.8 Å². The molecular weight excluding hydrogens is 326 g/mol. The van der Waals surface area contributed by atoms with Crippen LogP contribution in [0.2, 0.25) is 0 Å². The van der Waals surface area contributed by atoms with Crippen molar-refractivity contribution in [3.63, 3.8) is 0 Å². The summed E-state index contributed by atoms with van der Waals surface area (Å²) < 4.78 is 5.26. The van der Waals surface area contributed by atoms with Crippen LogP contribution in [0.15, 0.2) is 54.2 Å². The highest BCUT2D eigenvalue weighted by Gasteiger charge is 2.27. The Morgan fingerprint density at radius 1 is 1.04 bits per heavy atom. The number of hydrogen-bond acceptors (Lipinski definition) is 3. The molecule has 0 atom stereocenters. The Hall–Kier alpha value is -2.88. The zero-order chi connectivity index (χ0) is 18.7. The van der Waals surface area contributed by atoms with E-state index >= 15 is 0 Å². The van der Waals surface area contributed by atoms with Gasteiger partial charge in [-0.3, -0.25) is 14.5 Å². The van der Waals surface area contributed by atoms with Gasteiger partial charge in [-0.1, -0.05) is 24.3 Å². The molecule has 134 valence electrons. The topological polar surface area (TPSA) is 46.6 Å². The molecule has 0 aromatic heterocycles. The fraction of sp³-hybridized carbons (Fsp3) is 0.273. The maximum atomic E-state index is 13.4. The number of carbonyl (C=O) groups excluding carboxylic acids is 2. The lowest BCUT2D eigenvalue weighted by molar-refractivity contribution is -0.115. The van der Waals surface area contributed by atoms with E-state index in [-0.39, 0.29) is 11.7 Å². The monoisotopic (exact) mass is 349 g/mol. The number of aryl methyl sites for hydroxylation is 2. The van der Waals surface area contributed by atoms with Crippen LogP contribution in [0.3, 0.4) is 0 Å². The summed E-state index contributed by atoms with van der Waals surface area (Å²) in [6.07, 6.45) is 3.62. The van der Waals surface area contributed by atoms with Gasteiger partial charge in [0, 0.05) is 23.8 Å². The molecule has 4 heteroatoms. The first kappa shape index (κ1) is 17.9. The minimum absolute atomic E-state index is 0.0703. The van der Waals surface area contributed by atoms with Gasteiger partial charge in [-0.05, 0) is 56.0 Å². The number of amides is 1. The van der Waals surface area contributed by atoms with E-state index in [0.29, 0.717) is 24.2 Å². The summed E-state index contributed by atoms with van der Waals surface area (Å²) in [7, 11) is 1.58. The van der Waals surface area contributed by atoms with E-state index in [2.05, 4.69) is 0 Å². The molecule has 0 fully saturated rings. The van der Waals surface area contributed by atoms with Crippen LogP contribution in [0.25, 0.3) is 0 Å². The molecule has 1 aliphatic rings. The summed E-state index contributed by atoms with van der Waals surface area (Å²) >= 11 is 0. The highest BCUT2D eigenvalue weighted by molar-refractivity contribution is 6.10. The van der Waals surface area contributed by atoms with Gasteiger partial charge in [0.15, 0.2) is 5.78 Å². The van der Waals surface area contributed by atoms with Crippen molar-refractivity contribution in [2.24, 2.45) is 0 Å². The molecule has 0 saturated heterocycles. The minimum atomic E-state index is -0.151. The Morgan fingerprint density at radius 3 is 2.38 bits per heavy atom. The second-order valence-corrected chi connectivity index (χ2v) is 6.57. The molecule has 0 aliphatic heterocycles. The standard InChI is InChI=1S/C22H23NO3/c1-15-7-4-8-16(2)21(15)23(18-10-6-11-19(24)14-18)22(25)17-9-5-12-20(13-17)26-3/h4-5,7-9,12-14H,6,10-11H2,1-3H3. The molecule has 0 bridgehead atoms. The van der Waals surface area contributed by atoms with Crippen molar-refractivity contribution in [1.29, 1.82) is 0 Å². The molecule has 2 aromatic carbocycles. The highest BCUT2D eigenvalue weighted by Crippen LogP contribution is 2.33. The first-order chi connectivity index (χ1) is 12.5. The van der Waals surface area contributed by atoms with Gasteiger partial charge >= 0.3 is 0 Å². The average molecular weight is 349 g/mol. The second kappa shape index (κ2) is 7.56. The lowest BCUT2D eigenvalue weighted by Crippen LogP contribution is -2.33. The molecule has 0 radical (unpaired) electrons. The summed E-state index contributed by atoms with van der Waals surface area (Å²) in [6, 6.07) is 13.1. The summed E-state index contributed by atoms with van der Waals surface area (Å²) in [4.78, 5) is 27.2. The number of nitrogens with zero attached hydrogens (tertiary/aromatic N) is 1. The van der Waals surface area contributed by atoms with Gasteiger partial charge in [-0.25, -0.2) is 0 Å². The number of methoxy groups -OCH3 is 1. The molecule has 0 heterocycles. The minimum Gasteiger partial charge on any atom is -0.497 e. The largest absolute Gasteiger partial charge is 0.497 e. The molecule has 3 rings (SSSR count). The first-order valence-corrected chi connectivity index (χ1v) is 8.79. The molecule has 26 heavy (non-hydrogen) atoms. The molecule has 1 aliphatic carbocycles. The third kappa shape index (κ3) is 3.54. The number of para-hydroxylation sites is 1. The van der Waals surface area contributed by atoms with Crippen LogP contribution in [-0.4, -0.2) is 18.8 Å². The molecule has 0 spiro atoms. The molecule has 1 amide bonds. The van der Waals surface area contributed by atoms with Gasteiger partial charge in [-0.2, -0.15) is 0 Å². The summed E-state index contributed by atoms with van der Waals surface area (Å²) in [5, 5.41) is 0. The van der Waals surface area contributed by atoms with Crippen molar-refractivity contribution in [2.45, 2.75) is 33.1 Å². The lowest BCUT2D eigenvalue weighted by atomic mass is 9.99. The SMILES string of the molecule is COc1cccc(C(=O)N(C2=CC(=O)CCC2)c2c(C)cccc2C)c1. The predicted molar refractivity (Wildman–Crippen MR) is 103 cm³/mol. The van der Waals surface area contributed by atoms with Crippen LogP contribution >= 0.6 is 0 Å². The maximum Gasteiger partial charge on any atom is 0.262 e.